The first-order chi connectivity index (χ1) is 11.4. The number of aryl methyl sites for hydroxylation is 2. The van der Waals surface area contributed by atoms with E-state index in [9.17, 15) is 4.79 Å². The quantitative estimate of drug-likeness (QED) is 0.610. The smallest absolute Gasteiger partial charge is 0.267 e. The van der Waals surface area contributed by atoms with Crippen molar-refractivity contribution in [3.05, 3.63) is 57.3 Å². The van der Waals surface area contributed by atoms with Crippen molar-refractivity contribution in [2.45, 2.75) is 13.8 Å². The number of nitrogens with one attached hydrogen (secondary N) is 1. The van der Waals surface area contributed by atoms with Crippen molar-refractivity contribution in [3.63, 3.8) is 0 Å². The first-order valence-electron chi connectivity index (χ1n) is 7.26. The van der Waals surface area contributed by atoms with Gasteiger partial charge >= 0.3 is 0 Å². The molecule has 2 heterocycles. The minimum absolute atomic E-state index is 0.133. The number of thioether (sulfide) groups is 1. The Morgan fingerprint density at radius 1 is 1.33 bits per heavy atom. The molecule has 1 aromatic carbocycles. The summed E-state index contributed by atoms with van der Waals surface area (Å²) in [5, 5.41) is 3.85. The molecule has 1 saturated heterocycles. The van der Waals surface area contributed by atoms with E-state index in [-0.39, 0.29) is 5.91 Å². The number of nitrogens with zero attached hydrogens (tertiary/aromatic N) is 1. The van der Waals surface area contributed by atoms with Gasteiger partial charge in [0, 0.05) is 16.8 Å². The maximum absolute atomic E-state index is 12.5. The Kier molecular flexibility index (Phi) is 4.99. The van der Waals surface area contributed by atoms with Crippen molar-refractivity contribution in [3.8, 4) is 0 Å². The number of anilines is 1. The molecule has 124 valence electrons. The van der Waals surface area contributed by atoms with Gasteiger partial charge in [-0.25, -0.2) is 0 Å². The molecule has 1 N–H and O–H groups in total. The first kappa shape index (κ1) is 17.1. The average molecular weight is 379 g/mol. The Labute approximate surface area is 154 Å². The number of carbonyl (C=O) groups excluding carboxylic acids is 1. The molecule has 0 radical (unpaired) electrons. The van der Waals surface area contributed by atoms with Crippen molar-refractivity contribution in [2.24, 2.45) is 0 Å². The Balaban J connectivity index is 1.73. The molecule has 1 fully saturated rings. The predicted molar refractivity (Wildman–Crippen MR) is 103 cm³/mol. The fourth-order valence-corrected chi connectivity index (χ4v) is 3.65. The van der Waals surface area contributed by atoms with Gasteiger partial charge in [0.15, 0.2) is 0 Å². The van der Waals surface area contributed by atoms with Crippen LogP contribution in [-0.4, -0.2) is 21.8 Å². The van der Waals surface area contributed by atoms with Gasteiger partial charge < -0.3 is 9.73 Å². The van der Waals surface area contributed by atoms with Gasteiger partial charge in [0.25, 0.3) is 5.91 Å². The summed E-state index contributed by atoms with van der Waals surface area (Å²) in [6.45, 7) is 4.13. The fourth-order valence-electron chi connectivity index (χ4n) is 2.25. The molecular weight excluding hydrogens is 364 g/mol. The Morgan fingerprint density at radius 3 is 2.83 bits per heavy atom. The van der Waals surface area contributed by atoms with Gasteiger partial charge in [0.2, 0.25) is 0 Å². The van der Waals surface area contributed by atoms with Crippen molar-refractivity contribution in [1.29, 1.82) is 0 Å². The zero-order chi connectivity index (χ0) is 17.3. The van der Waals surface area contributed by atoms with Crippen LogP contribution >= 0.6 is 35.6 Å². The number of hydrogen-bond donors (Lipinski definition) is 1. The van der Waals surface area contributed by atoms with Crippen LogP contribution in [0.25, 0.3) is 6.08 Å². The molecule has 2 aromatic rings. The van der Waals surface area contributed by atoms with E-state index in [2.05, 4.69) is 5.32 Å². The van der Waals surface area contributed by atoms with Crippen LogP contribution in [0.1, 0.15) is 17.1 Å². The molecule has 0 unspecified atom stereocenters. The van der Waals surface area contributed by atoms with Gasteiger partial charge in [-0.2, -0.15) is 0 Å². The molecule has 4 nitrogen and oxygen atoms in total. The second-order valence-corrected chi connectivity index (χ2v) is 7.46. The highest BCUT2D eigenvalue weighted by Gasteiger charge is 2.32. The SMILES string of the molecule is Cc1ccc(/C=C2\SC(=S)N(CNc3cc(Cl)ccc3C)C2=O)o1. The Hall–Kier alpha value is -1.76. The molecule has 3 rings (SSSR count). The monoisotopic (exact) mass is 378 g/mol. The third-order valence-electron chi connectivity index (χ3n) is 3.54. The summed E-state index contributed by atoms with van der Waals surface area (Å²) in [4.78, 5) is 14.6. The highest BCUT2D eigenvalue weighted by Crippen LogP contribution is 2.33. The Morgan fingerprint density at radius 2 is 2.12 bits per heavy atom. The largest absolute Gasteiger partial charge is 0.462 e. The van der Waals surface area contributed by atoms with E-state index in [1.807, 2.05) is 44.2 Å². The lowest BCUT2D eigenvalue weighted by molar-refractivity contribution is -0.121. The summed E-state index contributed by atoms with van der Waals surface area (Å²) in [6, 6.07) is 9.27. The molecule has 0 saturated carbocycles. The normalized spacial score (nSPS) is 16.3. The van der Waals surface area contributed by atoms with E-state index >= 15 is 0 Å². The van der Waals surface area contributed by atoms with Crippen LogP contribution in [0, 0.1) is 13.8 Å². The summed E-state index contributed by atoms with van der Waals surface area (Å²) >= 11 is 12.6. The predicted octanol–water partition coefficient (Wildman–Crippen LogP) is 4.82. The summed E-state index contributed by atoms with van der Waals surface area (Å²) in [5.41, 5.74) is 1.92. The molecule has 0 aliphatic carbocycles. The summed E-state index contributed by atoms with van der Waals surface area (Å²) in [7, 11) is 0. The lowest BCUT2D eigenvalue weighted by atomic mass is 10.2. The van der Waals surface area contributed by atoms with Crippen LogP contribution in [-0.2, 0) is 4.79 Å². The van der Waals surface area contributed by atoms with Crippen LogP contribution in [0.4, 0.5) is 5.69 Å². The molecule has 0 spiro atoms. The molecular formula is C17H15ClN2O2S2. The first-order valence-corrected chi connectivity index (χ1v) is 8.86. The van der Waals surface area contributed by atoms with Crippen LogP contribution in [0.3, 0.4) is 0 Å². The minimum Gasteiger partial charge on any atom is -0.462 e. The molecule has 7 heteroatoms. The van der Waals surface area contributed by atoms with Gasteiger partial charge in [0.1, 0.15) is 15.8 Å². The number of furan rings is 1. The second-order valence-electron chi connectivity index (χ2n) is 5.35. The van der Waals surface area contributed by atoms with Gasteiger partial charge in [-0.05, 0) is 43.7 Å². The van der Waals surface area contributed by atoms with E-state index in [1.54, 1.807) is 6.08 Å². The number of thiocarbonyl (C=S) groups is 1. The number of halogens is 1. The van der Waals surface area contributed by atoms with E-state index in [1.165, 1.54) is 16.7 Å². The van der Waals surface area contributed by atoms with Crippen LogP contribution in [0.5, 0.6) is 0 Å². The molecule has 1 amide bonds. The van der Waals surface area contributed by atoms with Crippen molar-refractivity contribution >= 4 is 57.6 Å². The van der Waals surface area contributed by atoms with E-state index in [0.29, 0.717) is 26.7 Å². The number of carbonyl (C=O) groups is 1. The van der Waals surface area contributed by atoms with Gasteiger partial charge in [0.05, 0.1) is 11.6 Å². The van der Waals surface area contributed by atoms with Gasteiger partial charge in [-0.1, -0.05) is 41.6 Å². The zero-order valence-electron chi connectivity index (χ0n) is 13.1. The van der Waals surface area contributed by atoms with Crippen LogP contribution in [0.2, 0.25) is 5.02 Å². The summed E-state index contributed by atoms with van der Waals surface area (Å²) in [5.74, 6) is 1.31. The van der Waals surface area contributed by atoms with E-state index < -0.39 is 0 Å². The highest BCUT2D eigenvalue weighted by atomic mass is 35.5. The fraction of sp³-hybridized carbons (Fsp3) is 0.176. The lowest BCUT2D eigenvalue weighted by Crippen LogP contribution is -2.33. The van der Waals surface area contributed by atoms with E-state index in [4.69, 9.17) is 28.2 Å². The molecule has 1 aromatic heterocycles. The topological polar surface area (TPSA) is 45.5 Å². The molecule has 1 aliphatic heterocycles. The van der Waals surface area contributed by atoms with Gasteiger partial charge in [-0.15, -0.1) is 0 Å². The summed E-state index contributed by atoms with van der Waals surface area (Å²) in [6.07, 6.45) is 1.72. The van der Waals surface area contributed by atoms with Crippen LogP contribution in [0.15, 0.2) is 39.7 Å². The van der Waals surface area contributed by atoms with Crippen molar-refractivity contribution in [1.82, 2.24) is 4.90 Å². The zero-order valence-corrected chi connectivity index (χ0v) is 15.5. The second kappa shape index (κ2) is 7.01. The number of benzene rings is 1. The third-order valence-corrected chi connectivity index (χ3v) is 5.15. The van der Waals surface area contributed by atoms with Gasteiger partial charge in [-0.3, -0.25) is 9.69 Å². The maximum atomic E-state index is 12.5. The third kappa shape index (κ3) is 3.66. The van der Waals surface area contributed by atoms with Crippen molar-refractivity contribution < 1.29 is 9.21 Å². The van der Waals surface area contributed by atoms with Crippen LogP contribution < -0.4 is 5.32 Å². The Bertz CT molecular complexity index is 845. The van der Waals surface area contributed by atoms with E-state index in [0.717, 1.165) is 17.0 Å². The molecule has 0 bridgehead atoms. The highest BCUT2D eigenvalue weighted by molar-refractivity contribution is 8.26. The molecule has 0 atom stereocenters. The molecule has 24 heavy (non-hydrogen) atoms. The lowest BCUT2D eigenvalue weighted by Gasteiger charge is -2.17. The summed E-state index contributed by atoms with van der Waals surface area (Å²) < 4.78 is 6.00. The molecule has 1 aliphatic rings. The minimum atomic E-state index is -0.133. The standard InChI is InChI=1S/C17H15ClN2O2S2/c1-10-3-5-12(18)7-14(10)19-9-20-16(21)15(24-17(20)23)8-13-6-4-11(2)22-13/h3-8,19H,9H2,1-2H3/b15-8-. The number of amides is 1. The maximum Gasteiger partial charge on any atom is 0.267 e. The average Bonchev–Trinajstić information content (AvgIpc) is 3.05. The van der Waals surface area contributed by atoms with Crippen molar-refractivity contribution in [2.75, 3.05) is 12.0 Å². The number of rotatable bonds is 4. The number of hydrogen-bond acceptors (Lipinski definition) is 5.